The predicted molar refractivity (Wildman–Crippen MR) is 57.5 cm³/mol. The second-order valence-electron chi connectivity index (χ2n) is 3.33. The summed E-state index contributed by atoms with van der Waals surface area (Å²) in [6, 6.07) is 0. The fourth-order valence-electron chi connectivity index (χ4n) is 1.08. The minimum absolute atomic E-state index is 0.510. The fraction of sp³-hybridized carbons (Fsp3) is 1.00. The minimum atomic E-state index is -3.65. The van der Waals surface area contributed by atoms with Crippen molar-refractivity contribution in [2.24, 2.45) is 0 Å². The summed E-state index contributed by atoms with van der Waals surface area (Å²) < 4.78 is 44.5. The van der Waals surface area contributed by atoms with Gasteiger partial charge in [0.05, 0.1) is 42.3 Å². The number of sulfone groups is 2. The molecule has 0 aromatic carbocycles. The Morgan fingerprint density at radius 1 is 0.812 bits per heavy atom. The third-order valence-corrected chi connectivity index (χ3v) is 5.09. The van der Waals surface area contributed by atoms with Gasteiger partial charge in [0.15, 0.2) is 19.7 Å². The zero-order chi connectivity index (χ0) is 12.8. The summed E-state index contributed by atoms with van der Waals surface area (Å²) >= 11 is 0. The second kappa shape index (κ2) is 6.50. The summed E-state index contributed by atoms with van der Waals surface area (Å²) in [4.78, 5) is 0. The molecule has 0 fully saturated rings. The summed E-state index contributed by atoms with van der Waals surface area (Å²) in [5.74, 6) is -2.44. The van der Waals surface area contributed by atoms with Crippen molar-refractivity contribution in [3.05, 3.63) is 0 Å². The molecule has 0 rings (SSSR count). The van der Waals surface area contributed by atoms with Crippen molar-refractivity contribution in [2.45, 2.75) is 6.10 Å². The Morgan fingerprint density at radius 2 is 1.12 bits per heavy atom. The first-order valence-electron chi connectivity index (χ1n) is 4.53. The highest BCUT2D eigenvalue weighted by atomic mass is 32.2. The van der Waals surface area contributed by atoms with Crippen LogP contribution in [-0.2, 0) is 19.7 Å². The van der Waals surface area contributed by atoms with E-state index in [0.717, 1.165) is 0 Å². The fourth-order valence-corrected chi connectivity index (χ4v) is 3.53. The molecule has 9 heteroatoms. The molecule has 0 saturated carbocycles. The normalized spacial score (nSPS) is 13.2. The highest BCUT2D eigenvalue weighted by molar-refractivity contribution is 7.92. The van der Waals surface area contributed by atoms with Crippen LogP contribution in [-0.4, -0.2) is 74.5 Å². The number of rotatable bonds is 8. The van der Waals surface area contributed by atoms with Gasteiger partial charge in [-0.15, -0.1) is 0 Å². The Morgan fingerprint density at radius 3 is 1.38 bits per heavy atom. The van der Waals surface area contributed by atoms with Crippen molar-refractivity contribution in [1.29, 1.82) is 0 Å². The molecule has 0 amide bonds. The Labute approximate surface area is 94.6 Å². The number of hydrogen-bond donors (Lipinski definition) is 3. The van der Waals surface area contributed by atoms with Gasteiger partial charge in [-0.2, -0.15) is 0 Å². The van der Waals surface area contributed by atoms with Crippen LogP contribution >= 0.6 is 0 Å². The summed E-state index contributed by atoms with van der Waals surface area (Å²) in [7, 11) is -7.29. The van der Waals surface area contributed by atoms with E-state index in [-0.39, 0.29) is 0 Å². The lowest BCUT2D eigenvalue weighted by molar-refractivity contribution is 0.219. The van der Waals surface area contributed by atoms with E-state index in [2.05, 4.69) is 0 Å². The summed E-state index contributed by atoms with van der Waals surface area (Å²) in [5, 5.41) is 26.1. The van der Waals surface area contributed by atoms with Crippen molar-refractivity contribution in [3.8, 4) is 0 Å². The lowest BCUT2D eigenvalue weighted by Crippen LogP contribution is -2.31. The van der Waals surface area contributed by atoms with E-state index in [9.17, 15) is 21.9 Å². The van der Waals surface area contributed by atoms with E-state index >= 15 is 0 Å². The van der Waals surface area contributed by atoms with Gasteiger partial charge < -0.3 is 15.3 Å². The molecule has 16 heavy (non-hydrogen) atoms. The minimum Gasteiger partial charge on any atom is -0.395 e. The first-order chi connectivity index (χ1) is 7.22. The molecule has 0 atom stereocenters. The maximum atomic E-state index is 11.1. The van der Waals surface area contributed by atoms with E-state index in [1.807, 2.05) is 0 Å². The molecule has 0 aromatic heterocycles. The van der Waals surface area contributed by atoms with Crippen LogP contribution in [0.5, 0.6) is 0 Å². The zero-order valence-electron chi connectivity index (χ0n) is 8.61. The zero-order valence-corrected chi connectivity index (χ0v) is 10.2. The Kier molecular flexibility index (Phi) is 6.41. The first kappa shape index (κ1) is 15.8. The lowest BCUT2D eigenvalue weighted by Gasteiger charge is -2.10. The molecule has 7 nitrogen and oxygen atoms in total. The average Bonchev–Trinajstić information content (AvgIpc) is 1.99. The summed E-state index contributed by atoms with van der Waals surface area (Å²) in [6.07, 6.45) is -1.53. The van der Waals surface area contributed by atoms with Crippen LogP contribution in [0.4, 0.5) is 0 Å². The molecule has 0 aliphatic rings. The molecule has 0 spiro atoms. The van der Waals surface area contributed by atoms with Crippen molar-refractivity contribution >= 4 is 19.7 Å². The third kappa shape index (κ3) is 7.12. The van der Waals surface area contributed by atoms with Crippen LogP contribution in [0, 0.1) is 0 Å². The molecule has 98 valence electrons. The van der Waals surface area contributed by atoms with E-state index in [1.54, 1.807) is 0 Å². The molecule has 0 aliphatic carbocycles. The predicted octanol–water partition coefficient (Wildman–Crippen LogP) is -2.84. The molecule has 0 aliphatic heterocycles. The smallest absolute Gasteiger partial charge is 0.155 e. The van der Waals surface area contributed by atoms with Crippen LogP contribution in [0.2, 0.25) is 0 Å². The maximum Gasteiger partial charge on any atom is 0.155 e. The Hall–Kier alpha value is -0.220. The first-order valence-corrected chi connectivity index (χ1v) is 8.17. The van der Waals surface area contributed by atoms with E-state index in [4.69, 9.17) is 10.2 Å². The van der Waals surface area contributed by atoms with Gasteiger partial charge in [-0.3, -0.25) is 0 Å². The van der Waals surface area contributed by atoms with Crippen molar-refractivity contribution in [2.75, 3.05) is 36.2 Å². The van der Waals surface area contributed by atoms with E-state index in [0.29, 0.717) is 0 Å². The molecule has 0 unspecified atom stereocenters. The molecule has 0 heterocycles. The Bertz CT molecular complexity index is 345. The lowest BCUT2D eigenvalue weighted by atomic mass is 10.5. The standard InChI is InChI=1S/C7H16O7S2/c8-1-3-15(11,12)5-7(10)6-16(13,14)4-2-9/h7-10H,1-6H2. The van der Waals surface area contributed by atoms with Crippen molar-refractivity contribution in [3.63, 3.8) is 0 Å². The van der Waals surface area contributed by atoms with Crippen molar-refractivity contribution in [1.82, 2.24) is 0 Å². The maximum absolute atomic E-state index is 11.1. The van der Waals surface area contributed by atoms with Gasteiger partial charge in [-0.05, 0) is 0 Å². The average molecular weight is 276 g/mol. The van der Waals surface area contributed by atoms with Crippen molar-refractivity contribution < 1.29 is 32.2 Å². The van der Waals surface area contributed by atoms with Gasteiger partial charge in [-0.1, -0.05) is 0 Å². The van der Waals surface area contributed by atoms with E-state index in [1.165, 1.54) is 0 Å². The highest BCUT2D eigenvalue weighted by Gasteiger charge is 2.22. The number of hydrogen-bond acceptors (Lipinski definition) is 7. The van der Waals surface area contributed by atoms with Crippen LogP contribution < -0.4 is 0 Å². The van der Waals surface area contributed by atoms with Gasteiger partial charge in [0.25, 0.3) is 0 Å². The largest absolute Gasteiger partial charge is 0.395 e. The molecule has 0 radical (unpaired) electrons. The van der Waals surface area contributed by atoms with Gasteiger partial charge in [0.2, 0.25) is 0 Å². The Balaban J connectivity index is 4.34. The van der Waals surface area contributed by atoms with Crippen LogP contribution in [0.3, 0.4) is 0 Å². The molecule has 0 saturated heterocycles. The van der Waals surface area contributed by atoms with Gasteiger partial charge in [0.1, 0.15) is 0 Å². The monoisotopic (exact) mass is 276 g/mol. The third-order valence-electron chi connectivity index (χ3n) is 1.70. The van der Waals surface area contributed by atoms with Gasteiger partial charge >= 0.3 is 0 Å². The highest BCUT2D eigenvalue weighted by Crippen LogP contribution is 2.00. The van der Waals surface area contributed by atoms with Crippen LogP contribution in [0.25, 0.3) is 0 Å². The van der Waals surface area contributed by atoms with Crippen LogP contribution in [0.1, 0.15) is 0 Å². The summed E-state index contributed by atoms with van der Waals surface area (Å²) in [6.45, 7) is -1.14. The molecule has 0 aromatic rings. The van der Waals surface area contributed by atoms with Gasteiger partial charge in [0, 0.05) is 0 Å². The molecule has 3 N–H and O–H groups in total. The summed E-state index contributed by atoms with van der Waals surface area (Å²) in [5.41, 5.74) is 0. The molecular weight excluding hydrogens is 260 g/mol. The second-order valence-corrected chi connectivity index (χ2v) is 7.79. The topological polar surface area (TPSA) is 129 Å². The quantitative estimate of drug-likeness (QED) is 0.435. The SMILES string of the molecule is O=S(=O)(CCO)CC(O)CS(=O)(=O)CCO. The molecular formula is C7H16O7S2. The molecule has 0 bridgehead atoms. The van der Waals surface area contributed by atoms with Crippen LogP contribution in [0.15, 0.2) is 0 Å². The number of aliphatic hydroxyl groups is 3. The number of aliphatic hydroxyl groups excluding tert-OH is 3. The van der Waals surface area contributed by atoms with E-state index < -0.39 is 62.0 Å². The van der Waals surface area contributed by atoms with Gasteiger partial charge in [-0.25, -0.2) is 16.8 Å².